The molecule has 0 spiro atoms. The van der Waals surface area contributed by atoms with Crippen LogP contribution in [-0.4, -0.2) is 25.4 Å². The number of hydrogen-bond donors (Lipinski definition) is 1. The second kappa shape index (κ2) is 4.97. The van der Waals surface area contributed by atoms with Crippen LogP contribution in [0, 0.1) is 5.82 Å². The maximum Gasteiger partial charge on any atom is 0.419 e. The number of alkyl halides is 3. The van der Waals surface area contributed by atoms with Crippen LogP contribution in [0.5, 0.6) is 5.75 Å². The summed E-state index contributed by atoms with van der Waals surface area (Å²) in [6.07, 6.45) is -5.04. The fraction of sp³-hybridized carbons (Fsp3) is 0.500. The molecule has 0 amide bonds. The summed E-state index contributed by atoms with van der Waals surface area (Å²) in [7, 11) is 1.45. The maximum atomic E-state index is 13.1. The zero-order valence-corrected chi connectivity index (χ0v) is 10.1. The highest BCUT2D eigenvalue weighted by molar-refractivity contribution is 5.32. The summed E-state index contributed by atoms with van der Waals surface area (Å²) in [6.45, 7) is 0. The van der Waals surface area contributed by atoms with Gasteiger partial charge in [-0.1, -0.05) is 0 Å². The zero-order chi connectivity index (χ0) is 14.2. The Kier molecular flexibility index (Phi) is 3.69. The number of rotatable bonds is 3. The third-order valence-electron chi connectivity index (χ3n) is 3.10. The van der Waals surface area contributed by atoms with E-state index in [9.17, 15) is 17.6 Å². The van der Waals surface area contributed by atoms with Crippen LogP contribution in [-0.2, 0) is 10.9 Å². The Morgan fingerprint density at radius 3 is 2.53 bits per heavy atom. The molecule has 1 aromatic carbocycles. The Morgan fingerprint density at radius 2 is 2.00 bits per heavy atom. The summed E-state index contributed by atoms with van der Waals surface area (Å²) in [5, 5.41) is 0. The Labute approximate surface area is 107 Å². The molecule has 2 N–H and O–H groups in total. The summed E-state index contributed by atoms with van der Waals surface area (Å²) < 4.78 is 61.1. The van der Waals surface area contributed by atoms with Gasteiger partial charge in [-0.25, -0.2) is 4.39 Å². The monoisotopic (exact) mass is 279 g/mol. The highest BCUT2D eigenvalue weighted by Gasteiger charge is 2.41. The Bertz CT molecular complexity index is 464. The van der Waals surface area contributed by atoms with Crippen molar-refractivity contribution in [3.05, 3.63) is 29.6 Å². The first-order chi connectivity index (χ1) is 8.82. The average Bonchev–Trinajstić information content (AvgIpc) is 2.29. The van der Waals surface area contributed by atoms with Crippen LogP contribution in [0.3, 0.4) is 0 Å². The normalized spacial score (nSPS) is 26.9. The minimum atomic E-state index is -4.75. The van der Waals surface area contributed by atoms with E-state index in [-0.39, 0.29) is 17.9 Å². The second-order valence-electron chi connectivity index (χ2n) is 4.40. The lowest BCUT2D eigenvalue weighted by atomic mass is 9.86. The lowest BCUT2D eigenvalue weighted by molar-refractivity contribution is -0.140. The third kappa shape index (κ3) is 2.82. The predicted octanol–water partition coefficient (Wildman–Crippen LogP) is 2.34. The molecule has 3 nitrogen and oxygen atoms in total. The van der Waals surface area contributed by atoms with E-state index < -0.39 is 23.7 Å². The quantitative estimate of drug-likeness (QED) is 0.864. The molecule has 3 atom stereocenters. The van der Waals surface area contributed by atoms with E-state index in [2.05, 4.69) is 0 Å². The Hall–Kier alpha value is -1.34. The van der Waals surface area contributed by atoms with Crippen LogP contribution >= 0.6 is 0 Å². The summed E-state index contributed by atoms with van der Waals surface area (Å²) in [5.41, 5.74) is 4.31. The summed E-state index contributed by atoms with van der Waals surface area (Å²) in [4.78, 5) is 0. The average molecular weight is 279 g/mol. The van der Waals surface area contributed by atoms with Crippen molar-refractivity contribution in [1.82, 2.24) is 0 Å². The fourth-order valence-corrected chi connectivity index (χ4v) is 2.03. The minimum Gasteiger partial charge on any atom is -0.488 e. The fourth-order valence-electron chi connectivity index (χ4n) is 2.03. The van der Waals surface area contributed by atoms with E-state index in [4.69, 9.17) is 15.2 Å². The van der Waals surface area contributed by atoms with Gasteiger partial charge >= 0.3 is 6.18 Å². The smallest absolute Gasteiger partial charge is 0.419 e. The van der Waals surface area contributed by atoms with Crippen molar-refractivity contribution < 1.29 is 27.0 Å². The number of ether oxygens (including phenoxy) is 2. The molecule has 1 fully saturated rings. The molecule has 19 heavy (non-hydrogen) atoms. The van der Waals surface area contributed by atoms with E-state index in [1.54, 1.807) is 0 Å². The first-order valence-corrected chi connectivity index (χ1v) is 5.64. The van der Waals surface area contributed by atoms with Gasteiger partial charge in [-0.2, -0.15) is 13.2 Å². The second-order valence-corrected chi connectivity index (χ2v) is 4.40. The van der Waals surface area contributed by atoms with E-state index >= 15 is 0 Å². The molecule has 3 unspecified atom stereocenters. The van der Waals surface area contributed by atoms with Crippen molar-refractivity contribution in [2.45, 2.75) is 30.8 Å². The maximum absolute atomic E-state index is 13.1. The lowest BCUT2D eigenvalue weighted by Gasteiger charge is -2.41. The Morgan fingerprint density at radius 1 is 1.32 bits per heavy atom. The molecular weight excluding hydrogens is 266 g/mol. The van der Waals surface area contributed by atoms with Crippen molar-refractivity contribution in [2.24, 2.45) is 5.73 Å². The van der Waals surface area contributed by atoms with E-state index in [0.717, 1.165) is 12.1 Å². The first-order valence-electron chi connectivity index (χ1n) is 5.64. The SMILES string of the molecule is COC1C(N)CC1Oc1ccc(F)c(C(F)(F)F)c1. The first kappa shape index (κ1) is 14.1. The standard InChI is InChI=1S/C12H13F4NO2/c1-18-11-9(17)5-10(11)19-6-2-3-8(13)7(4-6)12(14,15)16/h2-4,9-11H,5,17H2,1H3. The molecule has 0 radical (unpaired) electrons. The molecule has 7 heteroatoms. The van der Waals surface area contributed by atoms with Crippen molar-refractivity contribution in [1.29, 1.82) is 0 Å². The van der Waals surface area contributed by atoms with Crippen molar-refractivity contribution in [2.75, 3.05) is 7.11 Å². The molecule has 1 saturated carbocycles. The minimum absolute atomic E-state index is 0.0484. The zero-order valence-electron chi connectivity index (χ0n) is 10.1. The van der Waals surface area contributed by atoms with Crippen molar-refractivity contribution in [3.63, 3.8) is 0 Å². The van der Waals surface area contributed by atoms with Gasteiger partial charge in [0.05, 0.1) is 5.56 Å². The van der Waals surface area contributed by atoms with Gasteiger partial charge in [0.15, 0.2) is 0 Å². The predicted molar refractivity (Wildman–Crippen MR) is 59.2 cm³/mol. The topological polar surface area (TPSA) is 44.5 Å². The molecule has 1 aliphatic rings. The van der Waals surface area contributed by atoms with Crippen LogP contribution in [0.25, 0.3) is 0 Å². The summed E-state index contributed by atoms with van der Waals surface area (Å²) >= 11 is 0. The molecule has 106 valence electrons. The number of nitrogens with two attached hydrogens (primary N) is 1. The van der Waals surface area contributed by atoms with E-state index in [1.165, 1.54) is 7.11 Å². The molecule has 0 aliphatic heterocycles. The molecule has 1 aliphatic carbocycles. The lowest BCUT2D eigenvalue weighted by Crippen LogP contribution is -2.59. The van der Waals surface area contributed by atoms with Crippen LogP contribution in [0.4, 0.5) is 17.6 Å². The molecule has 0 heterocycles. The van der Waals surface area contributed by atoms with Crippen molar-refractivity contribution in [3.8, 4) is 5.75 Å². The van der Waals surface area contributed by atoms with Gasteiger partial charge in [-0.15, -0.1) is 0 Å². The Balaban J connectivity index is 2.14. The van der Waals surface area contributed by atoms with Crippen LogP contribution in [0.15, 0.2) is 18.2 Å². The summed E-state index contributed by atoms with van der Waals surface area (Å²) in [6, 6.07) is 2.34. The molecule has 0 aromatic heterocycles. The highest BCUT2D eigenvalue weighted by atomic mass is 19.4. The molecule has 2 rings (SSSR count). The van der Waals surface area contributed by atoms with Gasteiger partial charge in [-0.3, -0.25) is 0 Å². The molecule has 1 aromatic rings. The van der Waals surface area contributed by atoms with Crippen LogP contribution < -0.4 is 10.5 Å². The number of methoxy groups -OCH3 is 1. The number of benzene rings is 1. The largest absolute Gasteiger partial charge is 0.488 e. The van der Waals surface area contributed by atoms with Gasteiger partial charge < -0.3 is 15.2 Å². The summed E-state index contributed by atoms with van der Waals surface area (Å²) in [5.74, 6) is -1.37. The van der Waals surface area contributed by atoms with Gasteiger partial charge in [0.2, 0.25) is 0 Å². The third-order valence-corrected chi connectivity index (χ3v) is 3.10. The van der Waals surface area contributed by atoms with E-state index in [0.29, 0.717) is 12.5 Å². The van der Waals surface area contributed by atoms with Crippen molar-refractivity contribution >= 4 is 0 Å². The molecule has 0 saturated heterocycles. The van der Waals surface area contributed by atoms with Crippen LogP contribution in [0.1, 0.15) is 12.0 Å². The van der Waals surface area contributed by atoms with Gasteiger partial charge in [0, 0.05) is 19.6 Å². The van der Waals surface area contributed by atoms with Crippen LogP contribution in [0.2, 0.25) is 0 Å². The van der Waals surface area contributed by atoms with E-state index in [1.807, 2.05) is 0 Å². The number of halogens is 4. The van der Waals surface area contributed by atoms with Gasteiger partial charge in [-0.05, 0) is 18.2 Å². The van der Waals surface area contributed by atoms with Gasteiger partial charge in [0.1, 0.15) is 23.8 Å². The number of hydrogen-bond acceptors (Lipinski definition) is 3. The van der Waals surface area contributed by atoms with Gasteiger partial charge in [0.25, 0.3) is 0 Å². The highest BCUT2D eigenvalue weighted by Crippen LogP contribution is 2.35. The molecule has 0 bridgehead atoms. The molecular formula is C12H13F4NO2.